The van der Waals surface area contributed by atoms with Crippen LogP contribution in [0.25, 0.3) is 0 Å². The molecule has 1 N–H and O–H groups in total. The van der Waals surface area contributed by atoms with E-state index in [1.807, 2.05) is 11.4 Å². The lowest BCUT2D eigenvalue weighted by Gasteiger charge is -2.25. The molecule has 0 unspecified atom stereocenters. The van der Waals surface area contributed by atoms with E-state index in [1.165, 1.54) is 6.07 Å². The minimum Gasteiger partial charge on any atom is -0.348 e. The lowest BCUT2D eigenvalue weighted by molar-refractivity contribution is -0.121. The monoisotopic (exact) mass is 319 g/mol. The highest BCUT2D eigenvalue weighted by atomic mass is 32.1. The van der Waals surface area contributed by atoms with Crippen LogP contribution in [0.3, 0.4) is 0 Å². The molecular formula is C18H22FNOS. The first-order valence-corrected chi connectivity index (χ1v) is 8.59. The molecular weight excluding hydrogens is 297 g/mol. The van der Waals surface area contributed by atoms with Gasteiger partial charge in [0.25, 0.3) is 0 Å². The Morgan fingerprint density at radius 1 is 1.18 bits per heavy atom. The zero-order valence-electron chi connectivity index (χ0n) is 13.0. The Morgan fingerprint density at radius 3 is 2.50 bits per heavy atom. The SMILES string of the molecule is CCC(CC)[C@H](NC(=O)Cc1ccccc1F)c1cccs1. The maximum absolute atomic E-state index is 13.7. The van der Waals surface area contributed by atoms with Crippen molar-refractivity contribution in [2.75, 3.05) is 0 Å². The number of carbonyl (C=O) groups excluding carboxylic acids is 1. The minimum absolute atomic E-state index is 0.00859. The molecule has 118 valence electrons. The molecule has 0 radical (unpaired) electrons. The van der Waals surface area contributed by atoms with Gasteiger partial charge in [-0.3, -0.25) is 4.79 Å². The lowest BCUT2D eigenvalue weighted by atomic mass is 9.92. The molecule has 4 heteroatoms. The summed E-state index contributed by atoms with van der Waals surface area (Å²) in [5.74, 6) is -0.0634. The molecule has 0 spiro atoms. The van der Waals surface area contributed by atoms with Crippen LogP contribution in [0, 0.1) is 11.7 Å². The molecule has 2 nitrogen and oxygen atoms in total. The number of hydrogen-bond donors (Lipinski definition) is 1. The summed E-state index contributed by atoms with van der Waals surface area (Å²) in [6, 6.07) is 10.5. The van der Waals surface area contributed by atoms with Crippen LogP contribution in [0.2, 0.25) is 0 Å². The Morgan fingerprint density at radius 2 is 1.91 bits per heavy atom. The van der Waals surface area contributed by atoms with Gasteiger partial charge in [-0.25, -0.2) is 4.39 Å². The molecule has 1 aromatic heterocycles. The van der Waals surface area contributed by atoms with E-state index in [4.69, 9.17) is 0 Å². The van der Waals surface area contributed by atoms with Crippen LogP contribution in [0.1, 0.15) is 43.2 Å². The molecule has 1 aromatic carbocycles. The van der Waals surface area contributed by atoms with Gasteiger partial charge in [-0.1, -0.05) is 51.0 Å². The largest absolute Gasteiger partial charge is 0.348 e. The van der Waals surface area contributed by atoms with Crippen molar-refractivity contribution in [1.82, 2.24) is 5.32 Å². The third-order valence-electron chi connectivity index (χ3n) is 4.00. The zero-order chi connectivity index (χ0) is 15.9. The van der Waals surface area contributed by atoms with Gasteiger partial charge in [0.15, 0.2) is 0 Å². The Bertz CT molecular complexity index is 593. The topological polar surface area (TPSA) is 29.1 Å². The number of thiophene rings is 1. The number of benzene rings is 1. The first-order chi connectivity index (χ1) is 10.7. The molecule has 1 heterocycles. The molecule has 0 fully saturated rings. The number of carbonyl (C=O) groups is 1. The predicted octanol–water partition coefficient (Wildman–Crippen LogP) is 4.72. The third kappa shape index (κ3) is 4.17. The molecule has 0 aliphatic rings. The smallest absolute Gasteiger partial charge is 0.225 e. The molecule has 22 heavy (non-hydrogen) atoms. The molecule has 0 saturated carbocycles. The van der Waals surface area contributed by atoms with E-state index in [0.29, 0.717) is 11.5 Å². The van der Waals surface area contributed by atoms with Crippen LogP contribution in [-0.2, 0) is 11.2 Å². The van der Waals surface area contributed by atoms with Crippen LogP contribution >= 0.6 is 11.3 Å². The Hall–Kier alpha value is -1.68. The van der Waals surface area contributed by atoms with Crippen molar-refractivity contribution < 1.29 is 9.18 Å². The molecule has 0 saturated heterocycles. The van der Waals surface area contributed by atoms with Crippen molar-refractivity contribution in [3.63, 3.8) is 0 Å². The molecule has 2 rings (SSSR count). The quantitative estimate of drug-likeness (QED) is 0.786. The van der Waals surface area contributed by atoms with Gasteiger partial charge >= 0.3 is 0 Å². The highest BCUT2D eigenvalue weighted by Gasteiger charge is 2.23. The van der Waals surface area contributed by atoms with E-state index in [1.54, 1.807) is 29.5 Å². The van der Waals surface area contributed by atoms with Gasteiger partial charge in [0, 0.05) is 4.88 Å². The number of amides is 1. The van der Waals surface area contributed by atoms with Crippen molar-refractivity contribution in [2.24, 2.45) is 5.92 Å². The molecule has 0 aliphatic carbocycles. The van der Waals surface area contributed by atoms with Crippen molar-refractivity contribution in [2.45, 2.75) is 39.2 Å². The van der Waals surface area contributed by atoms with Gasteiger partial charge in [-0.15, -0.1) is 11.3 Å². The predicted molar refractivity (Wildman–Crippen MR) is 89.4 cm³/mol. The second-order valence-electron chi connectivity index (χ2n) is 5.41. The van der Waals surface area contributed by atoms with Crippen LogP contribution in [0.5, 0.6) is 0 Å². The van der Waals surface area contributed by atoms with Gasteiger partial charge in [0.2, 0.25) is 5.91 Å². The van der Waals surface area contributed by atoms with Crippen molar-refractivity contribution >= 4 is 17.2 Å². The van der Waals surface area contributed by atoms with E-state index in [0.717, 1.165) is 17.7 Å². The highest BCUT2D eigenvalue weighted by Crippen LogP contribution is 2.30. The lowest BCUT2D eigenvalue weighted by Crippen LogP contribution is -2.34. The Kier molecular flexibility index (Phi) is 6.13. The number of nitrogens with one attached hydrogen (secondary N) is 1. The number of rotatable bonds is 7. The van der Waals surface area contributed by atoms with Crippen molar-refractivity contribution in [1.29, 1.82) is 0 Å². The average Bonchev–Trinajstić information content (AvgIpc) is 3.04. The average molecular weight is 319 g/mol. The molecule has 1 amide bonds. The van der Waals surface area contributed by atoms with E-state index < -0.39 is 0 Å². The fourth-order valence-electron chi connectivity index (χ4n) is 2.69. The second-order valence-corrected chi connectivity index (χ2v) is 6.38. The van der Waals surface area contributed by atoms with Crippen LogP contribution in [0.4, 0.5) is 4.39 Å². The first kappa shape index (κ1) is 16.7. The summed E-state index contributed by atoms with van der Waals surface area (Å²) in [5, 5.41) is 5.12. The molecule has 2 aromatic rings. The first-order valence-electron chi connectivity index (χ1n) is 7.71. The highest BCUT2D eigenvalue weighted by molar-refractivity contribution is 7.10. The zero-order valence-corrected chi connectivity index (χ0v) is 13.8. The summed E-state index contributed by atoms with van der Waals surface area (Å²) in [7, 11) is 0. The maximum Gasteiger partial charge on any atom is 0.225 e. The maximum atomic E-state index is 13.7. The summed E-state index contributed by atoms with van der Waals surface area (Å²) in [6.45, 7) is 4.27. The van der Waals surface area contributed by atoms with Gasteiger partial charge in [0.1, 0.15) is 5.82 Å². The minimum atomic E-state index is -0.326. The Balaban J connectivity index is 2.10. The number of hydrogen-bond acceptors (Lipinski definition) is 2. The fourth-order valence-corrected chi connectivity index (χ4v) is 3.56. The summed E-state index contributed by atoms with van der Waals surface area (Å²) in [5.41, 5.74) is 0.439. The summed E-state index contributed by atoms with van der Waals surface area (Å²) < 4.78 is 13.7. The van der Waals surface area contributed by atoms with Crippen molar-refractivity contribution in [3.05, 3.63) is 58.0 Å². The van der Waals surface area contributed by atoms with Gasteiger partial charge < -0.3 is 5.32 Å². The summed E-state index contributed by atoms with van der Waals surface area (Å²) >= 11 is 1.65. The molecule has 0 bridgehead atoms. The van der Waals surface area contributed by atoms with E-state index in [9.17, 15) is 9.18 Å². The summed E-state index contributed by atoms with van der Waals surface area (Å²) in [4.78, 5) is 13.5. The van der Waals surface area contributed by atoms with Crippen LogP contribution in [0.15, 0.2) is 41.8 Å². The van der Waals surface area contributed by atoms with Gasteiger partial charge in [-0.05, 0) is 29.0 Å². The second kappa shape index (κ2) is 8.08. The fraction of sp³-hybridized carbons (Fsp3) is 0.389. The normalized spacial score (nSPS) is 12.4. The van der Waals surface area contributed by atoms with Crippen LogP contribution in [-0.4, -0.2) is 5.91 Å². The number of halogens is 1. The molecule has 1 atom stereocenters. The van der Waals surface area contributed by atoms with Crippen LogP contribution < -0.4 is 5.32 Å². The van der Waals surface area contributed by atoms with E-state index >= 15 is 0 Å². The van der Waals surface area contributed by atoms with Gasteiger partial charge in [-0.2, -0.15) is 0 Å². The van der Waals surface area contributed by atoms with Gasteiger partial charge in [0.05, 0.1) is 12.5 Å². The van der Waals surface area contributed by atoms with E-state index in [2.05, 4.69) is 25.2 Å². The van der Waals surface area contributed by atoms with E-state index in [-0.39, 0.29) is 24.2 Å². The Labute approximate surface area is 135 Å². The molecule has 0 aliphatic heterocycles. The van der Waals surface area contributed by atoms with Crippen molar-refractivity contribution in [3.8, 4) is 0 Å². The summed E-state index contributed by atoms with van der Waals surface area (Å²) in [6.07, 6.45) is 2.08. The standard InChI is InChI=1S/C18H22FNOS/c1-3-13(4-2)18(16-10-7-11-22-16)20-17(21)12-14-8-5-6-9-15(14)19/h5-11,13,18H,3-4,12H2,1-2H3,(H,20,21)/t18-/m0/s1. The third-order valence-corrected chi connectivity index (χ3v) is 4.95.